The number of rotatable bonds is 5. The summed E-state index contributed by atoms with van der Waals surface area (Å²) in [5.74, 6) is -0.548. The zero-order chi connectivity index (χ0) is 16.1. The molecule has 0 aliphatic heterocycles. The number of hydrogen-bond donors (Lipinski definition) is 2. The molecule has 0 aliphatic carbocycles. The Kier molecular flexibility index (Phi) is 5.06. The molecular formula is C15H15ClN2O4. The Morgan fingerprint density at radius 2 is 2.18 bits per heavy atom. The molecule has 22 heavy (non-hydrogen) atoms. The molecule has 2 rings (SSSR count). The molecule has 7 heteroatoms. The minimum atomic E-state index is -0.972. The number of benzene rings is 1. The lowest BCUT2D eigenvalue weighted by atomic mass is 10.2. The number of anilines is 1. The van der Waals surface area contributed by atoms with Crippen LogP contribution in [0.4, 0.5) is 5.69 Å². The van der Waals surface area contributed by atoms with Gasteiger partial charge in [0.1, 0.15) is 5.76 Å². The number of nitrogens with one attached hydrogen (secondary N) is 1. The first-order valence-electron chi connectivity index (χ1n) is 6.53. The molecule has 0 bridgehead atoms. The van der Waals surface area contributed by atoms with Crippen molar-refractivity contribution in [1.82, 2.24) is 5.32 Å². The molecule has 2 aromatic rings. The van der Waals surface area contributed by atoms with Gasteiger partial charge in [-0.05, 0) is 37.3 Å². The molecule has 3 N–H and O–H groups in total. The Balaban J connectivity index is 1.92. The summed E-state index contributed by atoms with van der Waals surface area (Å²) in [4.78, 5) is 23.9. The van der Waals surface area contributed by atoms with Crippen LogP contribution >= 0.6 is 11.6 Å². The molecule has 0 radical (unpaired) electrons. The van der Waals surface area contributed by atoms with E-state index in [-0.39, 0.29) is 17.1 Å². The highest BCUT2D eigenvalue weighted by Gasteiger charge is 2.20. The van der Waals surface area contributed by atoms with Crippen LogP contribution in [0, 0.1) is 0 Å². The second-order valence-corrected chi connectivity index (χ2v) is 4.99. The van der Waals surface area contributed by atoms with Gasteiger partial charge < -0.3 is 20.2 Å². The summed E-state index contributed by atoms with van der Waals surface area (Å²) in [5, 5.41) is 2.81. The van der Waals surface area contributed by atoms with Crippen LogP contribution in [0.15, 0.2) is 41.0 Å². The lowest BCUT2D eigenvalue weighted by Crippen LogP contribution is -2.35. The number of furan rings is 1. The number of amides is 1. The van der Waals surface area contributed by atoms with E-state index in [1.165, 1.54) is 25.3 Å². The second kappa shape index (κ2) is 7.00. The number of halogens is 1. The lowest BCUT2D eigenvalue weighted by molar-refractivity contribution is -0.129. The number of carbonyl (C=O) groups is 2. The van der Waals surface area contributed by atoms with E-state index in [2.05, 4.69) is 5.32 Å². The highest BCUT2D eigenvalue weighted by atomic mass is 35.5. The summed E-state index contributed by atoms with van der Waals surface area (Å²) < 4.78 is 10.2. The molecule has 1 atom stereocenters. The van der Waals surface area contributed by atoms with Crippen molar-refractivity contribution in [2.24, 2.45) is 0 Å². The van der Waals surface area contributed by atoms with Gasteiger partial charge in [-0.2, -0.15) is 0 Å². The normalized spacial score (nSPS) is 11.7. The van der Waals surface area contributed by atoms with Gasteiger partial charge >= 0.3 is 5.97 Å². The van der Waals surface area contributed by atoms with Gasteiger partial charge in [0, 0.05) is 5.69 Å². The summed E-state index contributed by atoms with van der Waals surface area (Å²) in [6.07, 6.45) is 0.534. The first-order valence-corrected chi connectivity index (χ1v) is 6.91. The summed E-state index contributed by atoms with van der Waals surface area (Å²) in [5.41, 5.74) is 6.10. The molecule has 1 aromatic heterocycles. The molecule has 1 heterocycles. The average Bonchev–Trinajstić information content (AvgIpc) is 3.00. The van der Waals surface area contributed by atoms with Crippen LogP contribution in [0.1, 0.15) is 23.0 Å². The van der Waals surface area contributed by atoms with Crippen LogP contribution in [0.3, 0.4) is 0 Å². The fourth-order valence-electron chi connectivity index (χ4n) is 1.71. The van der Waals surface area contributed by atoms with Gasteiger partial charge in [0.05, 0.1) is 23.4 Å². The zero-order valence-electron chi connectivity index (χ0n) is 11.8. The van der Waals surface area contributed by atoms with Crippen LogP contribution in [-0.4, -0.2) is 18.0 Å². The van der Waals surface area contributed by atoms with Gasteiger partial charge in [-0.25, -0.2) is 4.79 Å². The van der Waals surface area contributed by atoms with E-state index in [4.69, 9.17) is 26.5 Å². The summed E-state index contributed by atoms with van der Waals surface area (Å²) in [7, 11) is 0. The largest absolute Gasteiger partial charge is 0.467 e. The van der Waals surface area contributed by atoms with E-state index in [9.17, 15) is 9.59 Å². The van der Waals surface area contributed by atoms with E-state index in [1.54, 1.807) is 18.2 Å². The summed E-state index contributed by atoms with van der Waals surface area (Å²) in [6.45, 7) is 1.68. The molecule has 0 fully saturated rings. The van der Waals surface area contributed by atoms with Crippen molar-refractivity contribution in [2.45, 2.75) is 19.6 Å². The maximum absolute atomic E-state index is 12.0. The van der Waals surface area contributed by atoms with Gasteiger partial charge in [-0.3, -0.25) is 4.79 Å². The fourth-order valence-corrected chi connectivity index (χ4v) is 1.90. The van der Waals surface area contributed by atoms with Crippen molar-refractivity contribution < 1.29 is 18.7 Å². The molecule has 6 nitrogen and oxygen atoms in total. The van der Waals surface area contributed by atoms with Crippen LogP contribution in [0.25, 0.3) is 0 Å². The van der Waals surface area contributed by atoms with Crippen molar-refractivity contribution in [3.63, 3.8) is 0 Å². The van der Waals surface area contributed by atoms with E-state index in [0.29, 0.717) is 11.4 Å². The molecule has 0 aliphatic rings. The Labute approximate surface area is 132 Å². The third kappa shape index (κ3) is 4.02. The molecule has 1 aromatic carbocycles. The number of nitrogens with two attached hydrogens (primary N) is 1. The third-order valence-corrected chi connectivity index (χ3v) is 3.21. The predicted molar refractivity (Wildman–Crippen MR) is 81.3 cm³/mol. The number of carbonyl (C=O) groups excluding carboxylic acids is 2. The van der Waals surface area contributed by atoms with Gasteiger partial charge in [0.25, 0.3) is 5.91 Å². The molecular weight excluding hydrogens is 308 g/mol. The quantitative estimate of drug-likeness (QED) is 0.651. The molecule has 0 spiro atoms. The minimum Gasteiger partial charge on any atom is -0.467 e. The third-order valence-electron chi connectivity index (χ3n) is 2.88. The number of esters is 1. The Morgan fingerprint density at radius 1 is 1.41 bits per heavy atom. The fraction of sp³-hybridized carbons (Fsp3) is 0.200. The molecule has 0 unspecified atom stereocenters. The Hall–Kier alpha value is -2.47. The maximum atomic E-state index is 12.0. The average molecular weight is 323 g/mol. The smallest absolute Gasteiger partial charge is 0.340 e. The summed E-state index contributed by atoms with van der Waals surface area (Å²) in [6, 6.07) is 7.90. The topological polar surface area (TPSA) is 94.6 Å². The van der Waals surface area contributed by atoms with E-state index in [1.807, 2.05) is 0 Å². The first-order chi connectivity index (χ1) is 10.5. The highest BCUT2D eigenvalue weighted by Crippen LogP contribution is 2.20. The number of ether oxygens (including phenoxy) is 1. The van der Waals surface area contributed by atoms with Crippen molar-refractivity contribution in [3.8, 4) is 0 Å². The SMILES string of the molecule is C[C@H](OC(=O)c1cc(N)ccc1Cl)C(=O)NCc1ccco1. The molecule has 0 saturated carbocycles. The lowest BCUT2D eigenvalue weighted by Gasteiger charge is -2.13. The van der Waals surface area contributed by atoms with Crippen molar-refractivity contribution in [3.05, 3.63) is 52.9 Å². The van der Waals surface area contributed by atoms with Gasteiger partial charge in [0.2, 0.25) is 0 Å². The number of hydrogen-bond acceptors (Lipinski definition) is 5. The summed E-state index contributed by atoms with van der Waals surface area (Å²) >= 11 is 5.91. The van der Waals surface area contributed by atoms with Crippen molar-refractivity contribution in [2.75, 3.05) is 5.73 Å². The molecule has 116 valence electrons. The van der Waals surface area contributed by atoms with Crippen molar-refractivity contribution in [1.29, 1.82) is 0 Å². The zero-order valence-corrected chi connectivity index (χ0v) is 12.6. The minimum absolute atomic E-state index is 0.118. The monoisotopic (exact) mass is 322 g/mol. The second-order valence-electron chi connectivity index (χ2n) is 4.58. The van der Waals surface area contributed by atoms with Gasteiger partial charge in [0.15, 0.2) is 6.10 Å². The molecule has 0 saturated heterocycles. The van der Waals surface area contributed by atoms with Gasteiger partial charge in [-0.1, -0.05) is 11.6 Å². The maximum Gasteiger partial charge on any atom is 0.340 e. The van der Waals surface area contributed by atoms with E-state index in [0.717, 1.165) is 0 Å². The van der Waals surface area contributed by atoms with Crippen LogP contribution in [0.2, 0.25) is 5.02 Å². The van der Waals surface area contributed by atoms with Crippen LogP contribution in [-0.2, 0) is 16.1 Å². The van der Waals surface area contributed by atoms with Gasteiger partial charge in [-0.15, -0.1) is 0 Å². The predicted octanol–water partition coefficient (Wildman–Crippen LogP) is 2.38. The standard InChI is InChI=1S/C15H15ClN2O4/c1-9(14(19)18-8-11-3-2-6-21-11)22-15(20)12-7-10(17)4-5-13(12)16/h2-7,9H,8,17H2,1H3,(H,18,19)/t9-/m0/s1. The molecule has 1 amide bonds. The number of nitrogen functional groups attached to an aromatic ring is 1. The Bertz CT molecular complexity index is 670. The van der Waals surface area contributed by atoms with E-state index >= 15 is 0 Å². The first kappa shape index (κ1) is 15.9. The highest BCUT2D eigenvalue weighted by molar-refractivity contribution is 6.33. The van der Waals surface area contributed by atoms with Crippen LogP contribution in [0.5, 0.6) is 0 Å². The van der Waals surface area contributed by atoms with Crippen LogP contribution < -0.4 is 11.1 Å². The van der Waals surface area contributed by atoms with Crippen molar-refractivity contribution >= 4 is 29.2 Å². The Morgan fingerprint density at radius 3 is 2.86 bits per heavy atom. The van der Waals surface area contributed by atoms with E-state index < -0.39 is 18.0 Å².